The quantitative estimate of drug-likeness (QED) is 0.664. The first-order chi connectivity index (χ1) is 13.3. The molecule has 0 aliphatic rings. The molecule has 0 saturated carbocycles. The summed E-state index contributed by atoms with van der Waals surface area (Å²) in [4.78, 5) is 24.1. The number of halogens is 4. The summed E-state index contributed by atoms with van der Waals surface area (Å²) in [6.45, 7) is 0.215. The Hall–Kier alpha value is -3.14. The van der Waals surface area contributed by atoms with Crippen molar-refractivity contribution in [2.45, 2.75) is 12.6 Å². The molecule has 11 heteroatoms. The van der Waals surface area contributed by atoms with Gasteiger partial charge in [-0.05, 0) is 23.8 Å². The molecule has 0 aliphatic carbocycles. The van der Waals surface area contributed by atoms with Gasteiger partial charge in [-0.1, -0.05) is 23.7 Å². The topological polar surface area (TPSA) is 90.0 Å². The zero-order valence-electron chi connectivity index (χ0n) is 14.0. The van der Waals surface area contributed by atoms with Crippen LogP contribution in [0.15, 0.2) is 47.5 Å². The van der Waals surface area contributed by atoms with Gasteiger partial charge in [0.05, 0.1) is 6.61 Å². The van der Waals surface area contributed by atoms with Crippen LogP contribution in [0.5, 0.6) is 17.6 Å². The van der Waals surface area contributed by atoms with Crippen molar-refractivity contribution >= 4 is 11.6 Å². The number of nitrogens with one attached hydrogen (secondary N) is 1. The molecule has 1 N–H and O–H groups in total. The SMILES string of the molecule is O=c1nc(OCCc2ccc(Oc3nccc(C(F)(F)F)n3)cc2)c(Cl)c[nH]1. The van der Waals surface area contributed by atoms with Crippen LogP contribution in [0.1, 0.15) is 11.3 Å². The Kier molecular flexibility index (Phi) is 5.78. The van der Waals surface area contributed by atoms with Gasteiger partial charge in [0.2, 0.25) is 5.88 Å². The van der Waals surface area contributed by atoms with Crippen LogP contribution in [0.25, 0.3) is 0 Å². The van der Waals surface area contributed by atoms with Crippen molar-refractivity contribution in [1.82, 2.24) is 19.9 Å². The summed E-state index contributed by atoms with van der Waals surface area (Å²) in [5, 5.41) is 0.185. The highest BCUT2D eigenvalue weighted by atomic mass is 35.5. The van der Waals surface area contributed by atoms with Gasteiger partial charge in [0.25, 0.3) is 0 Å². The Balaban J connectivity index is 1.58. The lowest BCUT2D eigenvalue weighted by molar-refractivity contribution is -0.141. The van der Waals surface area contributed by atoms with E-state index in [0.29, 0.717) is 6.42 Å². The minimum absolute atomic E-state index is 0.0343. The zero-order chi connectivity index (χ0) is 20.1. The average Bonchev–Trinajstić information content (AvgIpc) is 2.65. The predicted octanol–water partition coefficient (Wildman–Crippen LogP) is 3.65. The second kappa shape index (κ2) is 8.26. The number of ether oxygens (including phenoxy) is 2. The first-order valence-electron chi connectivity index (χ1n) is 7.86. The molecular formula is C17H12ClF3N4O3. The lowest BCUT2D eigenvalue weighted by atomic mass is 10.1. The normalized spacial score (nSPS) is 11.3. The van der Waals surface area contributed by atoms with Gasteiger partial charge in [0, 0.05) is 18.8 Å². The van der Waals surface area contributed by atoms with Crippen LogP contribution in [-0.4, -0.2) is 26.5 Å². The maximum atomic E-state index is 12.7. The molecule has 1 aromatic carbocycles. The summed E-state index contributed by atoms with van der Waals surface area (Å²) in [6, 6.07) is 6.91. The molecule has 0 saturated heterocycles. The first-order valence-corrected chi connectivity index (χ1v) is 8.24. The fourth-order valence-corrected chi connectivity index (χ4v) is 2.26. The van der Waals surface area contributed by atoms with E-state index in [1.54, 1.807) is 24.3 Å². The summed E-state index contributed by atoms with van der Waals surface area (Å²) in [7, 11) is 0. The van der Waals surface area contributed by atoms with Gasteiger partial charge in [-0.3, -0.25) is 0 Å². The lowest BCUT2D eigenvalue weighted by Crippen LogP contribution is -2.12. The van der Waals surface area contributed by atoms with Gasteiger partial charge in [-0.2, -0.15) is 23.1 Å². The molecule has 0 radical (unpaired) electrons. The highest BCUT2D eigenvalue weighted by Crippen LogP contribution is 2.29. The molecule has 0 fully saturated rings. The van der Waals surface area contributed by atoms with E-state index in [0.717, 1.165) is 17.8 Å². The van der Waals surface area contributed by atoms with Gasteiger partial charge >= 0.3 is 17.9 Å². The number of benzene rings is 1. The number of aromatic nitrogens is 4. The fourth-order valence-electron chi connectivity index (χ4n) is 2.11. The van der Waals surface area contributed by atoms with E-state index >= 15 is 0 Å². The van der Waals surface area contributed by atoms with Crippen molar-refractivity contribution in [3.63, 3.8) is 0 Å². The third kappa shape index (κ3) is 5.19. The number of hydrogen-bond acceptors (Lipinski definition) is 6. The van der Waals surface area contributed by atoms with Crippen molar-refractivity contribution < 1.29 is 22.6 Å². The van der Waals surface area contributed by atoms with Gasteiger partial charge in [-0.15, -0.1) is 0 Å². The van der Waals surface area contributed by atoms with Crippen LogP contribution in [0, 0.1) is 0 Å². The Morgan fingerprint density at radius 2 is 1.86 bits per heavy atom. The largest absolute Gasteiger partial charge is 0.476 e. The summed E-state index contributed by atoms with van der Waals surface area (Å²) in [5.41, 5.74) is -0.797. The molecule has 0 amide bonds. The van der Waals surface area contributed by atoms with Crippen LogP contribution in [-0.2, 0) is 12.6 Å². The van der Waals surface area contributed by atoms with E-state index in [4.69, 9.17) is 21.1 Å². The summed E-state index contributed by atoms with van der Waals surface area (Å²) in [6.07, 6.45) is -1.84. The Bertz CT molecular complexity index is 1010. The molecule has 0 unspecified atom stereocenters. The van der Waals surface area contributed by atoms with Gasteiger partial charge in [0.15, 0.2) is 5.69 Å². The molecule has 0 bridgehead atoms. The van der Waals surface area contributed by atoms with E-state index < -0.39 is 23.6 Å². The smallest absolute Gasteiger partial charge is 0.433 e. The number of hydrogen-bond donors (Lipinski definition) is 1. The Morgan fingerprint density at radius 3 is 2.57 bits per heavy atom. The van der Waals surface area contributed by atoms with Crippen LogP contribution in [0.4, 0.5) is 13.2 Å². The van der Waals surface area contributed by atoms with Crippen molar-refractivity contribution in [2.24, 2.45) is 0 Å². The van der Waals surface area contributed by atoms with Gasteiger partial charge in [-0.25, -0.2) is 9.78 Å². The Morgan fingerprint density at radius 1 is 1.11 bits per heavy atom. The molecule has 28 heavy (non-hydrogen) atoms. The predicted molar refractivity (Wildman–Crippen MR) is 92.6 cm³/mol. The van der Waals surface area contributed by atoms with Crippen LogP contribution >= 0.6 is 11.6 Å². The van der Waals surface area contributed by atoms with Crippen molar-refractivity contribution in [2.75, 3.05) is 6.61 Å². The minimum atomic E-state index is -4.58. The minimum Gasteiger partial charge on any atom is -0.476 e. The summed E-state index contributed by atoms with van der Waals surface area (Å²) >= 11 is 5.86. The molecule has 146 valence electrons. The van der Waals surface area contributed by atoms with Crippen LogP contribution in [0.2, 0.25) is 5.02 Å². The molecule has 3 aromatic rings. The standard InChI is InChI=1S/C17H12ClF3N4O3/c18-12-9-23-15(26)25-14(12)27-8-6-10-1-3-11(4-2-10)28-16-22-7-5-13(24-16)17(19,20)21/h1-5,7,9H,6,8H2,(H,23,25,26). The molecule has 0 atom stereocenters. The van der Waals surface area contributed by atoms with Crippen LogP contribution < -0.4 is 15.2 Å². The zero-order valence-corrected chi connectivity index (χ0v) is 14.8. The molecule has 7 nitrogen and oxygen atoms in total. The van der Waals surface area contributed by atoms with Crippen LogP contribution in [0.3, 0.4) is 0 Å². The maximum absolute atomic E-state index is 12.7. The van der Waals surface area contributed by atoms with E-state index in [1.165, 1.54) is 6.20 Å². The molecule has 2 heterocycles. The van der Waals surface area contributed by atoms with Gasteiger partial charge < -0.3 is 14.5 Å². The second-order valence-corrected chi connectivity index (χ2v) is 5.83. The number of aromatic amines is 1. The van der Waals surface area contributed by atoms with E-state index in [9.17, 15) is 18.0 Å². The van der Waals surface area contributed by atoms with E-state index in [2.05, 4.69) is 19.9 Å². The number of rotatable bonds is 6. The molecule has 0 aliphatic heterocycles. The van der Waals surface area contributed by atoms with Crippen molar-refractivity contribution in [3.05, 3.63) is 69.5 Å². The number of alkyl halides is 3. The molecule has 2 aromatic heterocycles. The monoisotopic (exact) mass is 412 g/mol. The van der Waals surface area contributed by atoms with E-state index in [1.807, 2.05) is 0 Å². The third-order valence-corrected chi connectivity index (χ3v) is 3.69. The molecule has 0 spiro atoms. The first kappa shape index (κ1) is 19.6. The number of nitrogens with zero attached hydrogens (tertiary/aromatic N) is 3. The fraction of sp³-hybridized carbons (Fsp3) is 0.176. The Labute approximate surface area is 161 Å². The average molecular weight is 413 g/mol. The molecular weight excluding hydrogens is 401 g/mol. The number of H-pyrrole nitrogens is 1. The lowest BCUT2D eigenvalue weighted by Gasteiger charge is -2.09. The van der Waals surface area contributed by atoms with Crippen molar-refractivity contribution in [3.8, 4) is 17.6 Å². The third-order valence-electron chi connectivity index (χ3n) is 3.42. The molecule has 3 rings (SSSR count). The second-order valence-electron chi connectivity index (χ2n) is 5.43. The highest BCUT2D eigenvalue weighted by molar-refractivity contribution is 6.31. The van der Waals surface area contributed by atoms with Gasteiger partial charge in [0.1, 0.15) is 10.8 Å². The summed E-state index contributed by atoms with van der Waals surface area (Å²) < 4.78 is 48.6. The van der Waals surface area contributed by atoms with Crippen molar-refractivity contribution in [1.29, 1.82) is 0 Å². The highest BCUT2D eigenvalue weighted by Gasteiger charge is 2.33. The van der Waals surface area contributed by atoms with E-state index in [-0.39, 0.29) is 23.3 Å². The summed E-state index contributed by atoms with van der Waals surface area (Å²) in [5.74, 6) is 0.315. The maximum Gasteiger partial charge on any atom is 0.433 e.